The Hall–Kier alpha value is -3.33. The van der Waals surface area contributed by atoms with Crippen molar-refractivity contribution in [2.24, 2.45) is 0 Å². The minimum atomic E-state index is 0.519. The molecule has 0 amide bonds. The SMILES string of the molecule is CN(c1ccc(-c2ccc(-n3ccnn3)c3cn[nH]c23)nn1)C1C[C@H]2CC[C@@H](C1)N2. The minimum Gasteiger partial charge on any atom is -0.355 e. The average Bonchev–Trinajstić information content (AvgIpc) is 3.54. The van der Waals surface area contributed by atoms with Gasteiger partial charge in [0.25, 0.3) is 0 Å². The van der Waals surface area contributed by atoms with Gasteiger partial charge >= 0.3 is 0 Å². The summed E-state index contributed by atoms with van der Waals surface area (Å²) in [6.45, 7) is 0. The molecule has 2 N–H and O–H groups in total. The first-order valence-corrected chi connectivity index (χ1v) is 10.4. The van der Waals surface area contributed by atoms with Crippen molar-refractivity contribution in [2.75, 3.05) is 11.9 Å². The highest BCUT2D eigenvalue weighted by atomic mass is 15.4. The van der Waals surface area contributed by atoms with Gasteiger partial charge < -0.3 is 10.2 Å². The predicted molar refractivity (Wildman–Crippen MR) is 113 cm³/mol. The molecule has 2 saturated heterocycles. The van der Waals surface area contributed by atoms with E-state index in [4.69, 9.17) is 0 Å². The number of H-pyrrole nitrogens is 1. The molecule has 2 aliphatic rings. The average molecular weight is 401 g/mol. The molecule has 152 valence electrons. The zero-order valence-corrected chi connectivity index (χ0v) is 16.7. The third-order valence-electron chi connectivity index (χ3n) is 6.55. The second-order valence-corrected chi connectivity index (χ2v) is 8.29. The van der Waals surface area contributed by atoms with E-state index in [0.717, 1.165) is 33.7 Å². The van der Waals surface area contributed by atoms with Gasteiger partial charge in [-0.15, -0.1) is 15.3 Å². The van der Waals surface area contributed by atoms with Gasteiger partial charge in [-0.1, -0.05) is 5.21 Å². The molecule has 3 aromatic heterocycles. The highest BCUT2D eigenvalue weighted by Crippen LogP contribution is 2.32. The third-order valence-corrected chi connectivity index (χ3v) is 6.55. The molecular formula is C21H23N9. The molecule has 0 saturated carbocycles. The van der Waals surface area contributed by atoms with Crippen molar-refractivity contribution in [3.63, 3.8) is 0 Å². The highest BCUT2D eigenvalue weighted by molar-refractivity contribution is 5.97. The fourth-order valence-corrected chi connectivity index (χ4v) is 4.96. The van der Waals surface area contributed by atoms with Crippen LogP contribution in [0.3, 0.4) is 0 Å². The third kappa shape index (κ3) is 2.85. The van der Waals surface area contributed by atoms with Gasteiger partial charge in [0, 0.05) is 36.1 Å². The molecule has 30 heavy (non-hydrogen) atoms. The second kappa shape index (κ2) is 6.88. The quantitative estimate of drug-likeness (QED) is 0.541. The minimum absolute atomic E-state index is 0.519. The number of anilines is 1. The molecule has 0 spiro atoms. The molecule has 9 heteroatoms. The van der Waals surface area contributed by atoms with Gasteiger partial charge in [0.15, 0.2) is 5.82 Å². The van der Waals surface area contributed by atoms with Gasteiger partial charge in [-0.05, 0) is 49.9 Å². The summed E-state index contributed by atoms with van der Waals surface area (Å²) in [7, 11) is 2.14. The van der Waals surface area contributed by atoms with Gasteiger partial charge in [0.1, 0.15) is 0 Å². The molecule has 9 nitrogen and oxygen atoms in total. The van der Waals surface area contributed by atoms with E-state index in [1.165, 1.54) is 25.7 Å². The first-order valence-electron chi connectivity index (χ1n) is 10.4. The van der Waals surface area contributed by atoms with E-state index in [9.17, 15) is 0 Å². The van der Waals surface area contributed by atoms with E-state index in [1.807, 2.05) is 24.4 Å². The van der Waals surface area contributed by atoms with Gasteiger partial charge in [-0.3, -0.25) is 5.10 Å². The molecule has 0 aliphatic carbocycles. The van der Waals surface area contributed by atoms with E-state index in [2.05, 4.69) is 54.0 Å². The van der Waals surface area contributed by atoms with Crippen LogP contribution in [-0.4, -0.2) is 60.6 Å². The molecule has 2 aliphatic heterocycles. The Morgan fingerprint density at radius 2 is 1.93 bits per heavy atom. The van der Waals surface area contributed by atoms with Crippen molar-refractivity contribution in [3.8, 4) is 16.9 Å². The molecule has 2 bridgehead atoms. The maximum atomic E-state index is 4.56. The lowest BCUT2D eigenvalue weighted by Crippen LogP contribution is -2.47. The number of hydrogen-bond donors (Lipinski definition) is 2. The summed E-state index contributed by atoms with van der Waals surface area (Å²) in [6, 6.07) is 9.97. The lowest BCUT2D eigenvalue weighted by molar-refractivity contribution is 0.353. The van der Waals surface area contributed by atoms with Crippen LogP contribution in [0.4, 0.5) is 5.82 Å². The fraction of sp³-hybridized carbons (Fsp3) is 0.381. The van der Waals surface area contributed by atoms with Crippen molar-refractivity contribution < 1.29 is 0 Å². The maximum absolute atomic E-state index is 4.56. The van der Waals surface area contributed by atoms with Crippen LogP contribution in [0.1, 0.15) is 25.7 Å². The number of benzene rings is 1. The van der Waals surface area contributed by atoms with Crippen LogP contribution in [0.2, 0.25) is 0 Å². The zero-order chi connectivity index (χ0) is 20.1. The Kier molecular flexibility index (Phi) is 4.02. The standard InChI is InChI=1S/C21H23N9/c1-29(15-10-13-2-3-14(11-15)24-13)20-7-5-18(25-26-20)16-4-6-19(30-9-8-22-28-30)17-12-23-27-21(16)17/h4-9,12-15,24H,2-3,10-11H2,1H3,(H,23,27)/t13-,14+,15?. The van der Waals surface area contributed by atoms with Crippen LogP contribution in [0, 0.1) is 0 Å². The number of rotatable bonds is 4. The monoisotopic (exact) mass is 401 g/mol. The van der Waals surface area contributed by atoms with Gasteiger partial charge in [0.2, 0.25) is 0 Å². The Balaban J connectivity index is 1.30. The van der Waals surface area contributed by atoms with Crippen LogP contribution >= 0.6 is 0 Å². The smallest absolute Gasteiger partial charge is 0.151 e. The summed E-state index contributed by atoms with van der Waals surface area (Å²) in [5, 5.41) is 29.1. The van der Waals surface area contributed by atoms with Crippen molar-refractivity contribution in [2.45, 2.75) is 43.8 Å². The molecule has 1 aromatic carbocycles. The zero-order valence-electron chi connectivity index (χ0n) is 16.7. The van der Waals surface area contributed by atoms with Crippen LogP contribution in [0.15, 0.2) is 42.9 Å². The Labute approximate surface area is 173 Å². The second-order valence-electron chi connectivity index (χ2n) is 8.29. The van der Waals surface area contributed by atoms with Crippen LogP contribution < -0.4 is 10.2 Å². The van der Waals surface area contributed by atoms with Crippen molar-refractivity contribution in [3.05, 3.63) is 42.9 Å². The lowest BCUT2D eigenvalue weighted by Gasteiger charge is -2.36. The van der Waals surface area contributed by atoms with Gasteiger partial charge in [0.05, 0.1) is 35.5 Å². The fourth-order valence-electron chi connectivity index (χ4n) is 4.96. The summed E-state index contributed by atoms with van der Waals surface area (Å²) in [4.78, 5) is 2.29. The van der Waals surface area contributed by atoms with Crippen LogP contribution in [0.25, 0.3) is 27.8 Å². The first-order chi connectivity index (χ1) is 14.8. The van der Waals surface area contributed by atoms with Crippen LogP contribution in [-0.2, 0) is 0 Å². The topological polar surface area (TPSA) is 100 Å². The Morgan fingerprint density at radius 3 is 2.67 bits per heavy atom. The predicted octanol–water partition coefficient (Wildman–Crippen LogP) is 2.32. The summed E-state index contributed by atoms with van der Waals surface area (Å²) >= 11 is 0. The summed E-state index contributed by atoms with van der Waals surface area (Å²) in [6.07, 6.45) is 10.2. The van der Waals surface area contributed by atoms with E-state index < -0.39 is 0 Å². The van der Waals surface area contributed by atoms with Crippen molar-refractivity contribution in [1.29, 1.82) is 0 Å². The number of aromatic nitrogens is 7. The summed E-state index contributed by atoms with van der Waals surface area (Å²) < 4.78 is 1.73. The Morgan fingerprint density at radius 1 is 1.07 bits per heavy atom. The van der Waals surface area contributed by atoms with E-state index >= 15 is 0 Å². The number of hydrogen-bond acceptors (Lipinski definition) is 7. The molecular weight excluding hydrogens is 378 g/mol. The number of nitrogens with one attached hydrogen (secondary N) is 2. The molecule has 2 fully saturated rings. The van der Waals surface area contributed by atoms with E-state index in [-0.39, 0.29) is 0 Å². The van der Waals surface area contributed by atoms with Gasteiger partial charge in [-0.2, -0.15) is 5.10 Å². The molecule has 6 rings (SSSR count). The van der Waals surface area contributed by atoms with Crippen LogP contribution in [0.5, 0.6) is 0 Å². The molecule has 3 atom stereocenters. The first kappa shape index (κ1) is 17.5. The molecule has 5 heterocycles. The van der Waals surface area contributed by atoms with E-state index in [0.29, 0.717) is 18.1 Å². The highest BCUT2D eigenvalue weighted by Gasteiger charge is 2.35. The van der Waals surface area contributed by atoms with Crippen molar-refractivity contribution in [1.82, 2.24) is 40.7 Å². The normalized spacial score (nSPS) is 23.2. The molecule has 1 unspecified atom stereocenters. The lowest BCUT2D eigenvalue weighted by atomic mass is 9.98. The largest absolute Gasteiger partial charge is 0.355 e. The molecule has 4 aromatic rings. The number of fused-ring (bicyclic) bond motifs is 3. The maximum Gasteiger partial charge on any atom is 0.151 e. The van der Waals surface area contributed by atoms with Gasteiger partial charge in [-0.25, -0.2) is 4.68 Å². The Bertz CT molecular complexity index is 1150. The number of aromatic amines is 1. The van der Waals surface area contributed by atoms with E-state index in [1.54, 1.807) is 17.1 Å². The summed E-state index contributed by atoms with van der Waals surface area (Å²) in [5.74, 6) is 0.921. The van der Waals surface area contributed by atoms with Crippen molar-refractivity contribution >= 4 is 16.7 Å². The number of nitrogens with zero attached hydrogens (tertiary/aromatic N) is 7. The number of piperidine rings is 1. The summed E-state index contributed by atoms with van der Waals surface area (Å²) in [5.41, 5.74) is 3.61. The molecule has 0 radical (unpaired) electrons.